The van der Waals surface area contributed by atoms with Crippen LogP contribution in [0.15, 0.2) is 60.8 Å². The first kappa shape index (κ1) is 14.8. The SMILES string of the molecule is COc1ccccc1N1CCN(c2cccc3cccnc23)CC1. The van der Waals surface area contributed by atoms with Crippen molar-refractivity contribution in [2.24, 2.45) is 0 Å². The molecular formula is C20H21N3O. The summed E-state index contributed by atoms with van der Waals surface area (Å²) in [5.41, 5.74) is 3.49. The second-order valence-electron chi connectivity index (χ2n) is 6.00. The molecular weight excluding hydrogens is 298 g/mol. The Morgan fingerprint density at radius 2 is 1.46 bits per heavy atom. The first-order chi connectivity index (χ1) is 11.9. The van der Waals surface area contributed by atoms with Gasteiger partial charge >= 0.3 is 0 Å². The third-order valence-electron chi connectivity index (χ3n) is 4.66. The monoisotopic (exact) mass is 319 g/mol. The Morgan fingerprint density at radius 3 is 2.25 bits per heavy atom. The summed E-state index contributed by atoms with van der Waals surface area (Å²) in [5, 5.41) is 1.20. The van der Waals surface area contributed by atoms with E-state index in [9.17, 15) is 0 Å². The summed E-state index contributed by atoms with van der Waals surface area (Å²) in [4.78, 5) is 9.41. The van der Waals surface area contributed by atoms with E-state index in [1.807, 2.05) is 24.4 Å². The van der Waals surface area contributed by atoms with Gasteiger partial charge in [0.05, 0.1) is 24.0 Å². The summed E-state index contributed by atoms with van der Waals surface area (Å²) in [6.07, 6.45) is 1.87. The predicted molar refractivity (Wildman–Crippen MR) is 99.2 cm³/mol. The first-order valence-corrected chi connectivity index (χ1v) is 8.33. The molecule has 0 atom stereocenters. The molecule has 1 aliphatic heterocycles. The minimum atomic E-state index is 0.942. The van der Waals surface area contributed by atoms with Crippen molar-refractivity contribution in [3.8, 4) is 5.75 Å². The highest BCUT2D eigenvalue weighted by Gasteiger charge is 2.21. The number of benzene rings is 2. The van der Waals surface area contributed by atoms with Crippen LogP contribution in [0.5, 0.6) is 5.75 Å². The van der Waals surface area contributed by atoms with E-state index >= 15 is 0 Å². The molecule has 0 N–H and O–H groups in total. The molecule has 4 nitrogen and oxygen atoms in total. The van der Waals surface area contributed by atoms with Gasteiger partial charge in [0.1, 0.15) is 5.75 Å². The van der Waals surface area contributed by atoms with Crippen LogP contribution in [0.25, 0.3) is 10.9 Å². The fourth-order valence-corrected chi connectivity index (χ4v) is 3.42. The Kier molecular flexibility index (Phi) is 3.95. The maximum absolute atomic E-state index is 5.50. The zero-order valence-corrected chi connectivity index (χ0v) is 13.9. The first-order valence-electron chi connectivity index (χ1n) is 8.33. The van der Waals surface area contributed by atoms with E-state index in [-0.39, 0.29) is 0 Å². The number of rotatable bonds is 3. The van der Waals surface area contributed by atoms with E-state index < -0.39 is 0 Å². The summed E-state index contributed by atoms with van der Waals surface area (Å²) >= 11 is 0. The van der Waals surface area contributed by atoms with Crippen LogP contribution >= 0.6 is 0 Å². The number of anilines is 2. The molecule has 0 bridgehead atoms. The molecule has 1 aromatic heterocycles. The maximum atomic E-state index is 5.50. The molecule has 0 saturated carbocycles. The molecule has 1 saturated heterocycles. The fraction of sp³-hybridized carbons (Fsp3) is 0.250. The molecule has 1 aliphatic rings. The quantitative estimate of drug-likeness (QED) is 0.738. The number of hydrogen-bond donors (Lipinski definition) is 0. The number of aromatic nitrogens is 1. The molecule has 0 unspecified atom stereocenters. The molecule has 2 aromatic carbocycles. The lowest BCUT2D eigenvalue weighted by Crippen LogP contribution is -2.46. The van der Waals surface area contributed by atoms with Crippen molar-refractivity contribution >= 4 is 22.3 Å². The summed E-state index contributed by atoms with van der Waals surface area (Å²) in [6, 6.07) is 18.8. The van der Waals surface area contributed by atoms with E-state index in [4.69, 9.17) is 4.74 Å². The molecule has 3 aromatic rings. The number of methoxy groups -OCH3 is 1. The summed E-state index contributed by atoms with van der Waals surface area (Å²) in [5.74, 6) is 0.942. The van der Waals surface area contributed by atoms with Crippen LogP contribution in [0.1, 0.15) is 0 Å². The molecule has 4 rings (SSSR count). The highest BCUT2D eigenvalue weighted by Crippen LogP contribution is 2.30. The van der Waals surface area contributed by atoms with Gasteiger partial charge in [0, 0.05) is 37.8 Å². The molecule has 2 heterocycles. The van der Waals surface area contributed by atoms with Gasteiger partial charge in [0.2, 0.25) is 0 Å². The second kappa shape index (κ2) is 6.40. The summed E-state index contributed by atoms with van der Waals surface area (Å²) < 4.78 is 5.50. The van der Waals surface area contributed by atoms with Crippen molar-refractivity contribution in [2.75, 3.05) is 43.1 Å². The van der Waals surface area contributed by atoms with Gasteiger partial charge in [-0.05, 0) is 24.3 Å². The molecule has 0 amide bonds. The smallest absolute Gasteiger partial charge is 0.142 e. The predicted octanol–water partition coefficient (Wildman–Crippen LogP) is 3.57. The van der Waals surface area contributed by atoms with Crippen molar-refractivity contribution in [3.05, 3.63) is 60.8 Å². The van der Waals surface area contributed by atoms with E-state index in [0.717, 1.165) is 37.4 Å². The van der Waals surface area contributed by atoms with Crippen LogP contribution in [0.2, 0.25) is 0 Å². The standard InChI is InChI=1S/C20H21N3O/c1-24-19-10-3-2-8-17(19)22-12-14-23(15-13-22)18-9-4-6-16-7-5-11-21-20(16)18/h2-11H,12-15H2,1H3. The lowest BCUT2D eigenvalue weighted by molar-refractivity contribution is 0.413. The van der Waals surface area contributed by atoms with Gasteiger partial charge in [-0.25, -0.2) is 0 Å². The van der Waals surface area contributed by atoms with Crippen molar-refractivity contribution in [2.45, 2.75) is 0 Å². The third-order valence-corrected chi connectivity index (χ3v) is 4.66. The molecule has 122 valence electrons. The van der Waals surface area contributed by atoms with Gasteiger partial charge in [-0.15, -0.1) is 0 Å². The average molecular weight is 319 g/mol. The van der Waals surface area contributed by atoms with Gasteiger partial charge in [0.25, 0.3) is 0 Å². The zero-order valence-electron chi connectivity index (χ0n) is 13.9. The molecule has 4 heteroatoms. The van der Waals surface area contributed by atoms with Crippen molar-refractivity contribution in [3.63, 3.8) is 0 Å². The number of piperazine rings is 1. The Labute approximate surface area is 142 Å². The Bertz CT molecular complexity index is 836. The van der Waals surface area contributed by atoms with Crippen LogP contribution in [0.3, 0.4) is 0 Å². The Balaban J connectivity index is 1.56. The number of para-hydroxylation sites is 3. The molecule has 0 aliphatic carbocycles. The van der Waals surface area contributed by atoms with Gasteiger partial charge in [-0.2, -0.15) is 0 Å². The van der Waals surface area contributed by atoms with E-state index in [1.165, 1.54) is 16.8 Å². The topological polar surface area (TPSA) is 28.6 Å². The third kappa shape index (κ3) is 2.64. The van der Waals surface area contributed by atoms with Gasteiger partial charge in [0.15, 0.2) is 0 Å². The van der Waals surface area contributed by atoms with E-state index in [1.54, 1.807) is 7.11 Å². The second-order valence-corrected chi connectivity index (χ2v) is 6.00. The van der Waals surface area contributed by atoms with Crippen LogP contribution < -0.4 is 14.5 Å². The molecule has 0 spiro atoms. The average Bonchev–Trinajstić information content (AvgIpc) is 2.67. The normalized spacial score (nSPS) is 14.9. The number of nitrogens with zero attached hydrogens (tertiary/aromatic N) is 3. The summed E-state index contributed by atoms with van der Waals surface area (Å²) in [6.45, 7) is 3.91. The largest absolute Gasteiger partial charge is 0.495 e. The Hall–Kier alpha value is -2.75. The van der Waals surface area contributed by atoms with Crippen LogP contribution in [-0.2, 0) is 0 Å². The van der Waals surface area contributed by atoms with E-state index in [2.05, 4.69) is 51.2 Å². The van der Waals surface area contributed by atoms with Gasteiger partial charge in [-0.3, -0.25) is 4.98 Å². The lowest BCUT2D eigenvalue weighted by Gasteiger charge is -2.38. The summed E-state index contributed by atoms with van der Waals surface area (Å²) in [7, 11) is 1.73. The van der Waals surface area contributed by atoms with Crippen LogP contribution in [0, 0.1) is 0 Å². The van der Waals surface area contributed by atoms with Gasteiger partial charge < -0.3 is 14.5 Å². The van der Waals surface area contributed by atoms with Crippen molar-refractivity contribution in [1.82, 2.24) is 4.98 Å². The number of fused-ring (bicyclic) bond motifs is 1. The zero-order chi connectivity index (χ0) is 16.4. The fourth-order valence-electron chi connectivity index (χ4n) is 3.42. The van der Waals surface area contributed by atoms with Crippen molar-refractivity contribution in [1.29, 1.82) is 0 Å². The Morgan fingerprint density at radius 1 is 0.792 bits per heavy atom. The number of ether oxygens (including phenoxy) is 1. The molecule has 1 fully saturated rings. The van der Waals surface area contributed by atoms with Crippen LogP contribution in [0.4, 0.5) is 11.4 Å². The number of hydrogen-bond acceptors (Lipinski definition) is 4. The van der Waals surface area contributed by atoms with Gasteiger partial charge in [-0.1, -0.05) is 30.3 Å². The molecule has 24 heavy (non-hydrogen) atoms. The molecule has 0 radical (unpaired) electrons. The minimum absolute atomic E-state index is 0.942. The number of pyridine rings is 1. The highest BCUT2D eigenvalue weighted by atomic mass is 16.5. The highest BCUT2D eigenvalue weighted by molar-refractivity contribution is 5.90. The van der Waals surface area contributed by atoms with E-state index in [0.29, 0.717) is 0 Å². The minimum Gasteiger partial charge on any atom is -0.495 e. The lowest BCUT2D eigenvalue weighted by atomic mass is 10.1. The van der Waals surface area contributed by atoms with Crippen molar-refractivity contribution < 1.29 is 4.74 Å². The van der Waals surface area contributed by atoms with Crippen LogP contribution in [-0.4, -0.2) is 38.3 Å². The maximum Gasteiger partial charge on any atom is 0.142 e.